The van der Waals surface area contributed by atoms with E-state index >= 15 is 0 Å². The van der Waals surface area contributed by atoms with Crippen LogP contribution in [0.4, 0.5) is 4.79 Å². The Morgan fingerprint density at radius 2 is 1.64 bits per heavy atom. The van der Waals surface area contributed by atoms with Gasteiger partial charge in [0, 0.05) is 23.0 Å². The van der Waals surface area contributed by atoms with E-state index in [0.29, 0.717) is 11.6 Å². The molecule has 6 heteroatoms. The van der Waals surface area contributed by atoms with Gasteiger partial charge in [0.15, 0.2) is 0 Å². The Hall–Kier alpha value is -1.88. The molecular formula is C19H21ClN2O3. The van der Waals surface area contributed by atoms with Crippen molar-refractivity contribution in [2.24, 2.45) is 0 Å². The van der Waals surface area contributed by atoms with E-state index in [1.807, 2.05) is 24.3 Å². The summed E-state index contributed by atoms with van der Waals surface area (Å²) in [6.45, 7) is 0.350. The Morgan fingerprint density at radius 3 is 2.24 bits per heavy atom. The molecule has 1 aromatic rings. The van der Waals surface area contributed by atoms with Crippen molar-refractivity contribution < 1.29 is 14.4 Å². The van der Waals surface area contributed by atoms with Crippen LogP contribution >= 0.6 is 11.6 Å². The van der Waals surface area contributed by atoms with Crippen molar-refractivity contribution >= 4 is 29.4 Å². The average Bonchev–Trinajstić information content (AvgIpc) is 3.17. The number of amides is 4. The Bertz CT molecular complexity index is 721. The molecule has 0 atom stereocenters. The molecule has 3 aliphatic rings. The number of imide groups is 2. The number of halogens is 1. The average molecular weight is 361 g/mol. The van der Waals surface area contributed by atoms with E-state index in [1.54, 1.807) is 0 Å². The smallest absolute Gasteiger partial charge is 0.274 e. The minimum Gasteiger partial charge on any atom is -0.274 e. The molecule has 1 heterocycles. The Morgan fingerprint density at radius 1 is 1.00 bits per heavy atom. The zero-order chi connectivity index (χ0) is 17.6. The third kappa shape index (κ3) is 2.95. The highest BCUT2D eigenvalue weighted by Gasteiger charge is 2.50. The minimum atomic E-state index is -0.423. The summed E-state index contributed by atoms with van der Waals surface area (Å²) >= 11 is 5.97. The molecule has 4 rings (SSSR count). The van der Waals surface area contributed by atoms with Gasteiger partial charge in [-0.3, -0.25) is 19.4 Å². The second-order valence-corrected chi connectivity index (χ2v) is 7.86. The molecule has 1 aliphatic heterocycles. The zero-order valence-corrected chi connectivity index (χ0v) is 14.8. The molecular weight excluding hydrogens is 340 g/mol. The first-order chi connectivity index (χ1) is 12.0. The molecule has 0 bridgehead atoms. The summed E-state index contributed by atoms with van der Waals surface area (Å²) in [5, 5.41) is 0.669. The van der Waals surface area contributed by atoms with Crippen LogP contribution in [0.1, 0.15) is 50.5 Å². The third-order valence-corrected chi connectivity index (χ3v) is 6.02. The number of carbonyl (C=O) groups excluding carboxylic acids is 3. The number of hydrogen-bond donors (Lipinski definition) is 0. The van der Waals surface area contributed by atoms with Crippen LogP contribution in [0, 0.1) is 0 Å². The van der Waals surface area contributed by atoms with Crippen molar-refractivity contribution in [3.63, 3.8) is 0 Å². The summed E-state index contributed by atoms with van der Waals surface area (Å²) in [4.78, 5) is 40.3. The lowest BCUT2D eigenvalue weighted by atomic mass is 9.95. The number of rotatable bonds is 4. The van der Waals surface area contributed by atoms with Crippen molar-refractivity contribution in [2.45, 2.75) is 56.4 Å². The lowest BCUT2D eigenvalue weighted by molar-refractivity contribution is -0.144. The Balaban J connectivity index is 1.56. The van der Waals surface area contributed by atoms with E-state index in [2.05, 4.69) is 0 Å². The van der Waals surface area contributed by atoms with Crippen molar-refractivity contribution in [2.75, 3.05) is 6.54 Å². The first-order valence-electron chi connectivity index (χ1n) is 8.93. The van der Waals surface area contributed by atoms with Crippen molar-refractivity contribution in [1.29, 1.82) is 0 Å². The van der Waals surface area contributed by atoms with Crippen LogP contribution in [0.3, 0.4) is 0 Å². The topological polar surface area (TPSA) is 57.7 Å². The fourth-order valence-corrected chi connectivity index (χ4v) is 4.25. The maximum Gasteiger partial charge on any atom is 0.333 e. The van der Waals surface area contributed by atoms with Crippen molar-refractivity contribution in [1.82, 2.24) is 9.80 Å². The van der Waals surface area contributed by atoms with Crippen LogP contribution < -0.4 is 0 Å². The normalized spacial score (nSPS) is 23.5. The molecule has 132 valence electrons. The summed E-state index contributed by atoms with van der Waals surface area (Å²) in [5.74, 6) is -0.709. The van der Waals surface area contributed by atoms with Gasteiger partial charge in [-0.15, -0.1) is 0 Å². The lowest BCUT2D eigenvalue weighted by Crippen LogP contribution is -2.59. The first-order valence-corrected chi connectivity index (χ1v) is 9.30. The minimum absolute atomic E-state index is 0.0405. The van der Waals surface area contributed by atoms with E-state index < -0.39 is 6.03 Å². The molecule has 1 saturated heterocycles. The quantitative estimate of drug-likeness (QED) is 0.772. The van der Waals surface area contributed by atoms with Gasteiger partial charge in [0.05, 0.1) is 0 Å². The van der Waals surface area contributed by atoms with E-state index in [4.69, 9.17) is 11.6 Å². The molecule has 2 saturated carbocycles. The van der Waals surface area contributed by atoms with Gasteiger partial charge in [0.25, 0.3) is 0 Å². The van der Waals surface area contributed by atoms with Gasteiger partial charge in [-0.1, -0.05) is 36.6 Å². The van der Waals surface area contributed by atoms with E-state index in [0.717, 1.165) is 44.1 Å². The summed E-state index contributed by atoms with van der Waals surface area (Å²) in [6.07, 6.45) is 5.43. The summed E-state index contributed by atoms with van der Waals surface area (Å²) in [6, 6.07) is 7.15. The predicted molar refractivity (Wildman–Crippen MR) is 93.2 cm³/mol. The molecule has 0 unspecified atom stereocenters. The second kappa shape index (κ2) is 6.13. The number of benzene rings is 1. The van der Waals surface area contributed by atoms with Gasteiger partial charge < -0.3 is 0 Å². The molecule has 0 aromatic heterocycles. The molecule has 1 aromatic carbocycles. The van der Waals surface area contributed by atoms with Gasteiger partial charge in [-0.05, 0) is 43.4 Å². The van der Waals surface area contributed by atoms with E-state index in [9.17, 15) is 14.4 Å². The maximum atomic E-state index is 12.9. The fourth-order valence-electron chi connectivity index (χ4n) is 4.13. The highest BCUT2D eigenvalue weighted by molar-refractivity contribution is 6.30. The van der Waals surface area contributed by atoms with Crippen LogP contribution in [-0.2, 0) is 15.0 Å². The summed E-state index contributed by atoms with van der Waals surface area (Å²) in [5.41, 5.74) is 0.916. The molecule has 4 amide bonds. The number of urea groups is 1. The maximum absolute atomic E-state index is 12.9. The van der Waals surface area contributed by atoms with Gasteiger partial charge >= 0.3 is 6.03 Å². The van der Waals surface area contributed by atoms with Crippen LogP contribution in [0.5, 0.6) is 0 Å². The third-order valence-electron chi connectivity index (χ3n) is 5.77. The number of hydrogen-bond acceptors (Lipinski definition) is 3. The number of nitrogens with zero attached hydrogens (tertiary/aromatic N) is 2. The highest BCUT2D eigenvalue weighted by Crippen LogP contribution is 2.49. The summed E-state index contributed by atoms with van der Waals surface area (Å²) in [7, 11) is 0. The van der Waals surface area contributed by atoms with Crippen LogP contribution in [0.25, 0.3) is 0 Å². The molecule has 0 radical (unpaired) electrons. The Kier molecular flexibility index (Phi) is 4.07. The fraction of sp³-hybridized carbons (Fsp3) is 0.526. The molecule has 3 fully saturated rings. The lowest BCUT2D eigenvalue weighted by Gasteiger charge is -2.37. The molecule has 5 nitrogen and oxygen atoms in total. The van der Waals surface area contributed by atoms with E-state index in [-0.39, 0.29) is 29.7 Å². The summed E-state index contributed by atoms with van der Waals surface area (Å²) < 4.78 is 0. The first kappa shape index (κ1) is 16.6. The zero-order valence-electron chi connectivity index (χ0n) is 14.0. The molecule has 2 aliphatic carbocycles. The standard InChI is InChI=1S/C19H21ClN2O3/c20-14-7-5-13(6-8-14)19(9-10-19)12-21-16(23)11-17(24)22(18(21)25)15-3-1-2-4-15/h5-8,15H,1-4,9-12H2. The van der Waals surface area contributed by atoms with Gasteiger partial charge in [0.1, 0.15) is 6.42 Å². The van der Waals surface area contributed by atoms with Crippen LogP contribution in [0.2, 0.25) is 5.02 Å². The van der Waals surface area contributed by atoms with Crippen LogP contribution in [-0.4, -0.2) is 40.2 Å². The molecule has 0 N–H and O–H groups in total. The predicted octanol–water partition coefficient (Wildman–Crippen LogP) is 3.50. The Labute approximate surface area is 151 Å². The second-order valence-electron chi connectivity index (χ2n) is 7.43. The van der Waals surface area contributed by atoms with Crippen molar-refractivity contribution in [3.8, 4) is 0 Å². The molecule has 25 heavy (non-hydrogen) atoms. The highest BCUT2D eigenvalue weighted by atomic mass is 35.5. The van der Waals surface area contributed by atoms with Crippen molar-refractivity contribution in [3.05, 3.63) is 34.9 Å². The van der Waals surface area contributed by atoms with Crippen LogP contribution in [0.15, 0.2) is 24.3 Å². The van der Waals surface area contributed by atoms with E-state index in [1.165, 1.54) is 9.80 Å². The molecule has 0 spiro atoms. The van der Waals surface area contributed by atoms with Gasteiger partial charge in [-0.25, -0.2) is 4.79 Å². The number of carbonyl (C=O) groups is 3. The van der Waals surface area contributed by atoms with Gasteiger partial charge in [0.2, 0.25) is 11.8 Å². The number of barbiturate groups is 1. The van der Waals surface area contributed by atoms with Gasteiger partial charge in [-0.2, -0.15) is 0 Å². The largest absolute Gasteiger partial charge is 0.333 e. The SMILES string of the molecule is O=C1CC(=O)N(C2CCCC2)C(=O)N1CC1(c2ccc(Cl)cc2)CC1. The monoisotopic (exact) mass is 360 g/mol.